The summed E-state index contributed by atoms with van der Waals surface area (Å²) in [5.41, 5.74) is 1.03. The van der Waals surface area contributed by atoms with E-state index in [1.54, 1.807) is 30.6 Å². The predicted octanol–water partition coefficient (Wildman–Crippen LogP) is 3.18. The van der Waals surface area contributed by atoms with Crippen LogP contribution in [0.1, 0.15) is 47.9 Å². The molecule has 1 saturated heterocycles. The number of nitrogens with zero attached hydrogens (tertiary/aromatic N) is 2. The van der Waals surface area contributed by atoms with Crippen LogP contribution in [-0.2, 0) is 0 Å². The van der Waals surface area contributed by atoms with Crippen molar-refractivity contribution in [2.75, 3.05) is 26.2 Å². The summed E-state index contributed by atoms with van der Waals surface area (Å²) in [5.74, 6) is 0.751. The molecule has 1 aromatic heterocycles. The van der Waals surface area contributed by atoms with E-state index in [0.29, 0.717) is 37.3 Å². The molecule has 27 heavy (non-hydrogen) atoms. The van der Waals surface area contributed by atoms with Crippen molar-refractivity contribution < 1.29 is 14.3 Å². The Morgan fingerprint density at radius 2 is 1.48 bits per heavy atom. The molecule has 144 valence electrons. The number of hydrogen-bond acceptors (Lipinski definition) is 3. The van der Waals surface area contributed by atoms with Crippen LogP contribution in [0, 0.1) is 0 Å². The first-order chi connectivity index (χ1) is 12.8. The van der Waals surface area contributed by atoms with Gasteiger partial charge < -0.3 is 19.5 Å². The fourth-order valence-corrected chi connectivity index (χ4v) is 3.16. The van der Waals surface area contributed by atoms with E-state index in [-0.39, 0.29) is 17.4 Å². The standard InChI is InChI=1S/C21H27N3O3/c1-21(2,3)27-18-7-5-16(6-8-18)19(25)23-11-4-12-24(14-13-23)20(26)17-9-10-22-15-17/h5-10,15,22H,4,11-14H2,1-3H3. The first kappa shape index (κ1) is 19.0. The van der Waals surface area contributed by atoms with Gasteiger partial charge in [-0.3, -0.25) is 9.59 Å². The minimum atomic E-state index is -0.272. The molecule has 0 spiro atoms. The number of carbonyl (C=O) groups excluding carboxylic acids is 2. The topological polar surface area (TPSA) is 65.6 Å². The van der Waals surface area contributed by atoms with Gasteiger partial charge in [-0.2, -0.15) is 0 Å². The van der Waals surface area contributed by atoms with Crippen LogP contribution < -0.4 is 4.74 Å². The summed E-state index contributed by atoms with van der Waals surface area (Å²) in [6, 6.07) is 9.04. The quantitative estimate of drug-likeness (QED) is 0.904. The predicted molar refractivity (Wildman–Crippen MR) is 104 cm³/mol. The molecular formula is C21H27N3O3. The fraction of sp³-hybridized carbons (Fsp3) is 0.429. The number of aromatic amines is 1. The molecule has 2 aromatic rings. The van der Waals surface area contributed by atoms with Crippen molar-refractivity contribution in [1.82, 2.24) is 14.8 Å². The van der Waals surface area contributed by atoms with Gasteiger partial charge in [0.15, 0.2) is 0 Å². The highest BCUT2D eigenvalue weighted by Crippen LogP contribution is 2.20. The summed E-state index contributed by atoms with van der Waals surface area (Å²) in [4.78, 5) is 31.9. The second-order valence-electron chi connectivity index (χ2n) is 7.78. The highest BCUT2D eigenvalue weighted by Gasteiger charge is 2.24. The van der Waals surface area contributed by atoms with E-state index in [9.17, 15) is 9.59 Å². The number of ether oxygens (including phenoxy) is 1. The summed E-state index contributed by atoms with van der Waals surface area (Å²) in [7, 11) is 0. The van der Waals surface area contributed by atoms with Gasteiger partial charge in [-0.15, -0.1) is 0 Å². The minimum absolute atomic E-state index is 0.00625. The third-order valence-electron chi connectivity index (χ3n) is 4.44. The van der Waals surface area contributed by atoms with Gasteiger partial charge >= 0.3 is 0 Å². The van der Waals surface area contributed by atoms with Gasteiger partial charge in [-0.1, -0.05) is 0 Å². The van der Waals surface area contributed by atoms with Gasteiger partial charge in [0.05, 0.1) is 5.56 Å². The molecule has 1 fully saturated rings. The number of H-pyrrole nitrogens is 1. The van der Waals surface area contributed by atoms with E-state index in [2.05, 4.69) is 4.98 Å². The van der Waals surface area contributed by atoms with Crippen LogP contribution >= 0.6 is 0 Å². The van der Waals surface area contributed by atoms with Crippen molar-refractivity contribution >= 4 is 11.8 Å². The average Bonchev–Trinajstić information content (AvgIpc) is 3.04. The summed E-state index contributed by atoms with van der Waals surface area (Å²) >= 11 is 0. The smallest absolute Gasteiger partial charge is 0.255 e. The molecule has 1 aromatic carbocycles. The SMILES string of the molecule is CC(C)(C)Oc1ccc(C(=O)N2CCCN(C(=O)c3cc[nH]c3)CC2)cc1. The molecule has 6 heteroatoms. The first-order valence-electron chi connectivity index (χ1n) is 9.34. The molecule has 0 aliphatic carbocycles. The van der Waals surface area contributed by atoms with Crippen LogP contribution in [-0.4, -0.2) is 58.4 Å². The molecule has 1 aliphatic heterocycles. The minimum Gasteiger partial charge on any atom is -0.488 e. The van der Waals surface area contributed by atoms with E-state index < -0.39 is 0 Å². The number of aromatic nitrogens is 1. The molecule has 0 radical (unpaired) electrons. The Balaban J connectivity index is 1.61. The number of rotatable bonds is 3. The van der Waals surface area contributed by atoms with Crippen molar-refractivity contribution in [2.45, 2.75) is 32.8 Å². The number of nitrogens with one attached hydrogen (secondary N) is 1. The Kier molecular flexibility index (Phi) is 5.54. The summed E-state index contributed by atoms with van der Waals surface area (Å²) in [6.07, 6.45) is 4.22. The third-order valence-corrected chi connectivity index (χ3v) is 4.44. The van der Waals surface area contributed by atoms with E-state index in [0.717, 1.165) is 12.2 Å². The fourth-order valence-electron chi connectivity index (χ4n) is 3.16. The normalized spacial score (nSPS) is 15.4. The van der Waals surface area contributed by atoms with Crippen molar-refractivity contribution in [3.8, 4) is 5.75 Å². The lowest BCUT2D eigenvalue weighted by Gasteiger charge is -2.23. The van der Waals surface area contributed by atoms with Gasteiger partial charge in [-0.25, -0.2) is 0 Å². The Morgan fingerprint density at radius 3 is 2.00 bits per heavy atom. The monoisotopic (exact) mass is 369 g/mol. The van der Waals surface area contributed by atoms with E-state index >= 15 is 0 Å². The molecular weight excluding hydrogens is 342 g/mol. The van der Waals surface area contributed by atoms with E-state index in [1.807, 2.05) is 42.7 Å². The van der Waals surface area contributed by atoms with Crippen molar-refractivity contribution in [3.63, 3.8) is 0 Å². The van der Waals surface area contributed by atoms with Crippen LogP contribution in [0.15, 0.2) is 42.7 Å². The molecule has 0 atom stereocenters. The first-order valence-corrected chi connectivity index (χ1v) is 9.34. The zero-order valence-corrected chi connectivity index (χ0v) is 16.2. The summed E-state index contributed by atoms with van der Waals surface area (Å²) in [5, 5.41) is 0. The lowest BCUT2D eigenvalue weighted by molar-refractivity contribution is 0.0718. The summed E-state index contributed by atoms with van der Waals surface area (Å²) < 4.78 is 5.81. The van der Waals surface area contributed by atoms with Crippen molar-refractivity contribution in [3.05, 3.63) is 53.9 Å². The van der Waals surface area contributed by atoms with E-state index in [1.165, 1.54) is 0 Å². The largest absolute Gasteiger partial charge is 0.488 e. The second kappa shape index (κ2) is 7.86. The Hall–Kier alpha value is -2.76. The highest BCUT2D eigenvalue weighted by molar-refractivity contribution is 5.95. The van der Waals surface area contributed by atoms with Gasteiger partial charge in [-0.05, 0) is 57.5 Å². The maximum atomic E-state index is 12.8. The number of benzene rings is 1. The molecule has 1 N–H and O–H groups in total. The van der Waals surface area contributed by atoms with Crippen molar-refractivity contribution in [2.24, 2.45) is 0 Å². The second-order valence-corrected chi connectivity index (χ2v) is 7.78. The van der Waals surface area contributed by atoms with Gasteiger partial charge in [0.25, 0.3) is 11.8 Å². The van der Waals surface area contributed by atoms with Crippen LogP contribution in [0.5, 0.6) is 5.75 Å². The van der Waals surface area contributed by atoms with Crippen molar-refractivity contribution in [1.29, 1.82) is 0 Å². The number of hydrogen-bond donors (Lipinski definition) is 1. The zero-order valence-electron chi connectivity index (χ0n) is 16.2. The van der Waals surface area contributed by atoms with Gasteiger partial charge in [0.1, 0.15) is 11.4 Å². The van der Waals surface area contributed by atoms with Crippen LogP contribution in [0.2, 0.25) is 0 Å². The lowest BCUT2D eigenvalue weighted by atomic mass is 10.1. The molecule has 2 heterocycles. The number of amides is 2. The molecule has 0 unspecified atom stereocenters. The maximum absolute atomic E-state index is 12.8. The van der Waals surface area contributed by atoms with Crippen LogP contribution in [0.3, 0.4) is 0 Å². The molecule has 0 saturated carbocycles. The van der Waals surface area contributed by atoms with Gasteiger partial charge in [0.2, 0.25) is 0 Å². The average molecular weight is 369 g/mol. The Bertz CT molecular complexity index is 776. The van der Waals surface area contributed by atoms with Crippen LogP contribution in [0.25, 0.3) is 0 Å². The molecule has 2 amide bonds. The zero-order chi connectivity index (χ0) is 19.4. The molecule has 3 rings (SSSR count). The summed E-state index contributed by atoms with van der Waals surface area (Å²) in [6.45, 7) is 8.36. The van der Waals surface area contributed by atoms with Crippen LogP contribution in [0.4, 0.5) is 0 Å². The maximum Gasteiger partial charge on any atom is 0.255 e. The Labute approximate surface area is 160 Å². The Morgan fingerprint density at radius 1 is 0.889 bits per heavy atom. The van der Waals surface area contributed by atoms with Gasteiger partial charge in [0, 0.05) is 44.1 Å². The number of carbonyl (C=O) groups is 2. The van der Waals surface area contributed by atoms with E-state index in [4.69, 9.17) is 4.74 Å². The molecule has 6 nitrogen and oxygen atoms in total. The molecule has 0 bridgehead atoms. The third kappa shape index (κ3) is 4.90. The molecule has 1 aliphatic rings. The highest BCUT2D eigenvalue weighted by atomic mass is 16.5. The lowest BCUT2D eigenvalue weighted by Crippen LogP contribution is -2.37.